The summed E-state index contributed by atoms with van der Waals surface area (Å²) in [4.78, 5) is 21.4. The number of benzene rings is 3. The van der Waals surface area contributed by atoms with Crippen LogP contribution < -0.4 is 0 Å². The van der Waals surface area contributed by atoms with Crippen LogP contribution in [-0.4, -0.2) is 20.1 Å². The van der Waals surface area contributed by atoms with Crippen molar-refractivity contribution in [3.05, 3.63) is 115 Å². The van der Waals surface area contributed by atoms with Gasteiger partial charge in [0.2, 0.25) is 0 Å². The molecule has 0 aliphatic carbocycles. The van der Waals surface area contributed by atoms with E-state index in [9.17, 15) is 30.4 Å². The molecule has 2 unspecified atom stereocenters. The third kappa shape index (κ3) is 4.86. The third-order valence-electron chi connectivity index (χ3n) is 4.88. The second kappa shape index (κ2) is 9.25. The average Bonchev–Trinajstić information content (AvgIpc) is 2.74. The van der Waals surface area contributed by atoms with Crippen LogP contribution in [-0.2, 0) is 12.8 Å². The highest BCUT2D eigenvalue weighted by atomic mass is 16.6. The largest absolute Gasteiger partial charge is 0.388 e. The molecule has 0 aliphatic rings. The first-order chi connectivity index (χ1) is 14.4. The second-order valence-electron chi connectivity index (χ2n) is 6.88. The predicted octanol–water partition coefficient (Wildman–Crippen LogP) is 4.06. The molecule has 3 aromatic rings. The van der Waals surface area contributed by atoms with Gasteiger partial charge in [0.05, 0.1) is 22.1 Å². The topological polar surface area (TPSA) is 127 Å². The van der Waals surface area contributed by atoms with Crippen molar-refractivity contribution in [3.63, 3.8) is 0 Å². The molecule has 0 fully saturated rings. The van der Waals surface area contributed by atoms with E-state index in [0.717, 1.165) is 0 Å². The summed E-state index contributed by atoms with van der Waals surface area (Å²) < 4.78 is 0. The summed E-state index contributed by atoms with van der Waals surface area (Å²) in [5.41, 5.74) is 1.66. The van der Waals surface area contributed by atoms with Crippen molar-refractivity contribution in [2.45, 2.75) is 25.0 Å². The average molecular weight is 408 g/mol. The second-order valence-corrected chi connectivity index (χ2v) is 6.88. The molecule has 2 atom stereocenters. The number of aliphatic hydroxyl groups is 2. The highest BCUT2D eigenvalue weighted by Gasteiger charge is 2.20. The van der Waals surface area contributed by atoms with Gasteiger partial charge in [0.15, 0.2) is 0 Å². The van der Waals surface area contributed by atoms with E-state index in [1.54, 1.807) is 60.7 Å². The van der Waals surface area contributed by atoms with Gasteiger partial charge in [-0.2, -0.15) is 0 Å². The van der Waals surface area contributed by atoms with E-state index in [2.05, 4.69) is 0 Å². The standard InChI is InChI=1S/C22H20N2O6/c25-21(13-15-6-1-3-10-19(15)23(27)28)17-8-5-9-18(12-17)22(26)14-16-7-2-4-11-20(16)24(29)30/h1-12,21-22,25-26H,13-14H2. The van der Waals surface area contributed by atoms with Crippen molar-refractivity contribution in [3.8, 4) is 0 Å². The van der Waals surface area contributed by atoms with E-state index in [1.165, 1.54) is 12.1 Å². The Balaban J connectivity index is 1.79. The monoisotopic (exact) mass is 408 g/mol. The number of hydrogen-bond donors (Lipinski definition) is 2. The summed E-state index contributed by atoms with van der Waals surface area (Å²) in [6.45, 7) is 0. The zero-order valence-corrected chi connectivity index (χ0v) is 15.9. The van der Waals surface area contributed by atoms with Gasteiger partial charge in [0.1, 0.15) is 0 Å². The number of nitro benzene ring substituents is 2. The van der Waals surface area contributed by atoms with Crippen molar-refractivity contribution in [1.29, 1.82) is 0 Å². The molecule has 0 bridgehead atoms. The number of nitro groups is 2. The van der Waals surface area contributed by atoms with Gasteiger partial charge in [-0.25, -0.2) is 0 Å². The predicted molar refractivity (Wildman–Crippen MR) is 110 cm³/mol. The number of nitrogens with zero attached hydrogens (tertiary/aromatic N) is 2. The van der Waals surface area contributed by atoms with Gasteiger partial charge in [0, 0.05) is 36.1 Å². The summed E-state index contributed by atoms with van der Waals surface area (Å²) in [6, 6.07) is 19.0. The molecule has 3 aromatic carbocycles. The molecule has 154 valence electrons. The van der Waals surface area contributed by atoms with Gasteiger partial charge in [0.25, 0.3) is 11.4 Å². The fourth-order valence-electron chi connectivity index (χ4n) is 3.35. The van der Waals surface area contributed by atoms with E-state index >= 15 is 0 Å². The third-order valence-corrected chi connectivity index (χ3v) is 4.88. The van der Waals surface area contributed by atoms with Crippen LogP contribution in [0.2, 0.25) is 0 Å². The van der Waals surface area contributed by atoms with Crippen molar-refractivity contribution >= 4 is 11.4 Å². The minimum atomic E-state index is -1.01. The van der Waals surface area contributed by atoms with Crippen molar-refractivity contribution in [2.75, 3.05) is 0 Å². The lowest BCUT2D eigenvalue weighted by atomic mass is 9.95. The molecular formula is C22H20N2O6. The molecule has 3 rings (SSSR count). The molecule has 0 saturated heterocycles. The van der Waals surface area contributed by atoms with Crippen LogP contribution in [0.15, 0.2) is 72.8 Å². The molecule has 0 heterocycles. The van der Waals surface area contributed by atoms with E-state index in [0.29, 0.717) is 22.3 Å². The molecule has 2 N–H and O–H groups in total. The summed E-state index contributed by atoms with van der Waals surface area (Å²) in [5, 5.41) is 43.5. The first-order valence-corrected chi connectivity index (χ1v) is 9.27. The molecule has 0 saturated carbocycles. The minimum absolute atomic E-state index is 0.0425. The Morgan fingerprint density at radius 2 is 1.07 bits per heavy atom. The Kier molecular flexibility index (Phi) is 6.51. The van der Waals surface area contributed by atoms with Crippen LogP contribution >= 0.6 is 0 Å². The SMILES string of the molecule is O=[N+]([O-])c1ccccc1CC(O)c1cccc(C(O)Cc2ccccc2[N+](=O)[O-])c1. The quantitative estimate of drug-likeness (QED) is 0.427. The van der Waals surface area contributed by atoms with Crippen LogP contribution in [0.4, 0.5) is 11.4 Å². The highest BCUT2D eigenvalue weighted by Crippen LogP contribution is 2.29. The Labute approximate surface area is 172 Å². The zero-order chi connectivity index (χ0) is 21.7. The van der Waals surface area contributed by atoms with E-state index in [4.69, 9.17) is 0 Å². The molecule has 8 heteroatoms. The fraction of sp³-hybridized carbons (Fsp3) is 0.182. The first-order valence-electron chi connectivity index (χ1n) is 9.27. The Hall–Kier alpha value is -3.62. The molecule has 0 radical (unpaired) electrons. The van der Waals surface area contributed by atoms with Gasteiger partial charge in [-0.3, -0.25) is 20.2 Å². The summed E-state index contributed by atoms with van der Waals surface area (Å²) in [5.74, 6) is 0. The Morgan fingerprint density at radius 1 is 0.667 bits per heavy atom. The Morgan fingerprint density at radius 3 is 1.47 bits per heavy atom. The van der Waals surface area contributed by atoms with Crippen LogP contribution in [0.1, 0.15) is 34.5 Å². The molecule has 0 aliphatic heterocycles. The van der Waals surface area contributed by atoms with Gasteiger partial charge in [-0.05, 0) is 11.1 Å². The number of hydrogen-bond acceptors (Lipinski definition) is 6. The van der Waals surface area contributed by atoms with E-state index in [1.807, 2.05) is 0 Å². The van der Waals surface area contributed by atoms with Crippen molar-refractivity contribution < 1.29 is 20.1 Å². The number of rotatable bonds is 8. The number of aliphatic hydroxyl groups excluding tert-OH is 2. The highest BCUT2D eigenvalue weighted by molar-refractivity contribution is 5.42. The van der Waals surface area contributed by atoms with Gasteiger partial charge >= 0.3 is 0 Å². The van der Waals surface area contributed by atoms with Crippen molar-refractivity contribution in [2.24, 2.45) is 0 Å². The normalized spacial score (nSPS) is 12.9. The van der Waals surface area contributed by atoms with Gasteiger partial charge in [-0.15, -0.1) is 0 Å². The molecule has 0 aromatic heterocycles. The van der Waals surface area contributed by atoms with Crippen LogP contribution in [0.25, 0.3) is 0 Å². The summed E-state index contributed by atoms with van der Waals surface area (Å²) in [7, 11) is 0. The maximum Gasteiger partial charge on any atom is 0.272 e. The molecular weight excluding hydrogens is 388 g/mol. The zero-order valence-electron chi connectivity index (χ0n) is 15.9. The maximum absolute atomic E-state index is 11.2. The minimum Gasteiger partial charge on any atom is -0.388 e. The Bertz CT molecular complexity index is 988. The fourth-order valence-corrected chi connectivity index (χ4v) is 3.35. The summed E-state index contributed by atoms with van der Waals surface area (Å²) in [6.07, 6.45) is -1.93. The molecule has 0 amide bonds. The van der Waals surface area contributed by atoms with E-state index < -0.39 is 22.1 Å². The van der Waals surface area contributed by atoms with Crippen LogP contribution in [0.3, 0.4) is 0 Å². The van der Waals surface area contributed by atoms with Crippen molar-refractivity contribution in [1.82, 2.24) is 0 Å². The lowest BCUT2D eigenvalue weighted by Gasteiger charge is -2.16. The van der Waals surface area contributed by atoms with E-state index in [-0.39, 0.29) is 24.2 Å². The lowest BCUT2D eigenvalue weighted by molar-refractivity contribution is -0.385. The summed E-state index contributed by atoms with van der Waals surface area (Å²) >= 11 is 0. The molecule has 0 spiro atoms. The van der Waals surface area contributed by atoms with Crippen LogP contribution in [0.5, 0.6) is 0 Å². The van der Waals surface area contributed by atoms with Gasteiger partial charge < -0.3 is 10.2 Å². The first kappa shape index (κ1) is 21.1. The smallest absolute Gasteiger partial charge is 0.272 e. The van der Waals surface area contributed by atoms with Crippen LogP contribution in [0, 0.1) is 20.2 Å². The lowest BCUT2D eigenvalue weighted by Crippen LogP contribution is -2.07. The maximum atomic E-state index is 11.2. The molecule has 30 heavy (non-hydrogen) atoms. The van der Waals surface area contributed by atoms with Gasteiger partial charge in [-0.1, -0.05) is 60.7 Å². The molecule has 8 nitrogen and oxygen atoms in total. The number of para-hydroxylation sites is 2.